The lowest BCUT2D eigenvalue weighted by atomic mass is 10.0. The van der Waals surface area contributed by atoms with Crippen molar-refractivity contribution in [3.8, 4) is 0 Å². The predicted octanol–water partition coefficient (Wildman–Crippen LogP) is 3.22. The van der Waals surface area contributed by atoms with Crippen LogP contribution in [0.15, 0.2) is 24.3 Å². The normalized spacial score (nSPS) is 10.6. The molecule has 0 fully saturated rings. The highest BCUT2D eigenvalue weighted by Crippen LogP contribution is 2.15. The Kier molecular flexibility index (Phi) is 5.20. The van der Waals surface area contributed by atoms with E-state index in [1.807, 2.05) is 18.7 Å². The number of carbonyl (C=O) groups excluding carboxylic acids is 1. The van der Waals surface area contributed by atoms with Gasteiger partial charge >= 0.3 is 0 Å². The molecule has 17 heavy (non-hydrogen) atoms. The third-order valence-electron chi connectivity index (χ3n) is 3.12. The molecular weight excluding hydrogens is 210 g/mol. The number of nitrogens with zero attached hydrogens (tertiary/aromatic N) is 1. The summed E-state index contributed by atoms with van der Waals surface area (Å²) < 4.78 is 0. The Morgan fingerprint density at radius 1 is 1.12 bits per heavy atom. The topological polar surface area (TPSA) is 20.3 Å². The van der Waals surface area contributed by atoms with Crippen LogP contribution in [-0.4, -0.2) is 23.9 Å². The zero-order chi connectivity index (χ0) is 12.8. The Bertz CT molecular complexity index is 350. The fraction of sp³-hybridized carbons (Fsp3) is 0.533. The van der Waals surface area contributed by atoms with Crippen LogP contribution in [0.2, 0.25) is 0 Å². The molecule has 1 aromatic rings. The standard InChI is InChI=1S/C15H23NO/c1-5-16(6-2)15(17)11-13-7-9-14(10-8-13)12(3)4/h7-10,12H,5-6,11H2,1-4H3. The van der Waals surface area contributed by atoms with Gasteiger partial charge in [-0.1, -0.05) is 38.1 Å². The molecule has 0 aromatic heterocycles. The predicted molar refractivity (Wildman–Crippen MR) is 72.2 cm³/mol. The molecule has 0 unspecified atom stereocenters. The summed E-state index contributed by atoms with van der Waals surface area (Å²) in [6, 6.07) is 8.37. The van der Waals surface area contributed by atoms with Gasteiger partial charge in [-0.05, 0) is 30.9 Å². The number of hydrogen-bond acceptors (Lipinski definition) is 1. The minimum Gasteiger partial charge on any atom is -0.343 e. The molecule has 0 heterocycles. The summed E-state index contributed by atoms with van der Waals surface area (Å²) in [6.45, 7) is 9.97. The molecule has 0 radical (unpaired) electrons. The average molecular weight is 233 g/mol. The largest absolute Gasteiger partial charge is 0.343 e. The van der Waals surface area contributed by atoms with E-state index < -0.39 is 0 Å². The van der Waals surface area contributed by atoms with Gasteiger partial charge in [0.1, 0.15) is 0 Å². The molecule has 0 saturated carbocycles. The van der Waals surface area contributed by atoms with E-state index in [1.54, 1.807) is 0 Å². The van der Waals surface area contributed by atoms with Gasteiger partial charge in [-0.3, -0.25) is 4.79 Å². The van der Waals surface area contributed by atoms with E-state index in [2.05, 4.69) is 38.1 Å². The second-order valence-corrected chi connectivity index (χ2v) is 4.64. The van der Waals surface area contributed by atoms with Crippen molar-refractivity contribution >= 4 is 5.91 Å². The van der Waals surface area contributed by atoms with Gasteiger partial charge in [0.05, 0.1) is 6.42 Å². The van der Waals surface area contributed by atoms with Crippen LogP contribution in [0.4, 0.5) is 0 Å². The van der Waals surface area contributed by atoms with Crippen molar-refractivity contribution < 1.29 is 4.79 Å². The van der Waals surface area contributed by atoms with Gasteiger partial charge in [0.2, 0.25) is 5.91 Å². The van der Waals surface area contributed by atoms with Crippen LogP contribution < -0.4 is 0 Å². The summed E-state index contributed by atoms with van der Waals surface area (Å²) in [5.41, 5.74) is 2.43. The van der Waals surface area contributed by atoms with Gasteiger partial charge in [-0.15, -0.1) is 0 Å². The Balaban J connectivity index is 2.66. The minimum atomic E-state index is 0.215. The van der Waals surface area contributed by atoms with Crippen molar-refractivity contribution in [3.05, 3.63) is 35.4 Å². The first-order valence-electron chi connectivity index (χ1n) is 6.45. The van der Waals surface area contributed by atoms with Crippen LogP contribution in [0.3, 0.4) is 0 Å². The first kappa shape index (κ1) is 13.8. The molecule has 1 rings (SSSR count). The molecule has 0 N–H and O–H groups in total. The van der Waals surface area contributed by atoms with E-state index in [1.165, 1.54) is 5.56 Å². The zero-order valence-corrected chi connectivity index (χ0v) is 11.4. The van der Waals surface area contributed by atoms with Crippen LogP contribution in [-0.2, 0) is 11.2 Å². The van der Waals surface area contributed by atoms with E-state index in [9.17, 15) is 4.79 Å². The summed E-state index contributed by atoms with van der Waals surface area (Å²) >= 11 is 0. The highest BCUT2D eigenvalue weighted by atomic mass is 16.2. The average Bonchev–Trinajstić information content (AvgIpc) is 2.31. The second-order valence-electron chi connectivity index (χ2n) is 4.64. The maximum atomic E-state index is 11.9. The van der Waals surface area contributed by atoms with Crippen LogP contribution in [0.1, 0.15) is 44.7 Å². The first-order valence-corrected chi connectivity index (χ1v) is 6.45. The molecule has 2 nitrogen and oxygen atoms in total. The summed E-state index contributed by atoms with van der Waals surface area (Å²) in [5.74, 6) is 0.759. The van der Waals surface area contributed by atoms with Crippen molar-refractivity contribution in [2.45, 2.75) is 40.0 Å². The molecule has 0 aliphatic carbocycles. The van der Waals surface area contributed by atoms with E-state index in [4.69, 9.17) is 0 Å². The van der Waals surface area contributed by atoms with E-state index in [-0.39, 0.29) is 5.91 Å². The fourth-order valence-electron chi connectivity index (χ4n) is 1.88. The summed E-state index contributed by atoms with van der Waals surface area (Å²) in [4.78, 5) is 13.8. The van der Waals surface area contributed by atoms with Crippen molar-refractivity contribution in [3.63, 3.8) is 0 Å². The summed E-state index contributed by atoms with van der Waals surface area (Å²) in [7, 11) is 0. The van der Waals surface area contributed by atoms with Gasteiger partial charge in [0.25, 0.3) is 0 Å². The SMILES string of the molecule is CCN(CC)C(=O)Cc1ccc(C(C)C)cc1. The van der Waals surface area contributed by atoms with Crippen LogP contribution in [0.25, 0.3) is 0 Å². The van der Waals surface area contributed by atoms with Gasteiger partial charge < -0.3 is 4.90 Å². The molecule has 0 aliphatic heterocycles. The smallest absolute Gasteiger partial charge is 0.226 e. The lowest BCUT2D eigenvalue weighted by Crippen LogP contribution is -2.31. The molecule has 0 spiro atoms. The highest BCUT2D eigenvalue weighted by molar-refractivity contribution is 5.78. The first-order chi connectivity index (χ1) is 8.08. The number of likely N-dealkylation sites (N-methyl/N-ethyl adjacent to an activating group) is 1. The van der Waals surface area contributed by atoms with Crippen LogP contribution in [0, 0.1) is 0 Å². The molecule has 94 valence electrons. The Morgan fingerprint density at radius 2 is 1.65 bits per heavy atom. The third-order valence-corrected chi connectivity index (χ3v) is 3.12. The van der Waals surface area contributed by atoms with E-state index in [0.29, 0.717) is 12.3 Å². The van der Waals surface area contributed by atoms with Crippen LogP contribution in [0.5, 0.6) is 0 Å². The number of carbonyl (C=O) groups is 1. The van der Waals surface area contributed by atoms with Crippen molar-refractivity contribution in [2.24, 2.45) is 0 Å². The molecule has 0 atom stereocenters. The lowest BCUT2D eigenvalue weighted by Gasteiger charge is -2.18. The number of rotatable bonds is 5. The Morgan fingerprint density at radius 3 is 2.06 bits per heavy atom. The van der Waals surface area contributed by atoms with Crippen LogP contribution >= 0.6 is 0 Å². The molecule has 1 aromatic carbocycles. The lowest BCUT2D eigenvalue weighted by molar-refractivity contribution is -0.130. The zero-order valence-electron chi connectivity index (χ0n) is 11.4. The van der Waals surface area contributed by atoms with E-state index >= 15 is 0 Å². The van der Waals surface area contributed by atoms with E-state index in [0.717, 1.165) is 18.7 Å². The van der Waals surface area contributed by atoms with Gasteiger partial charge in [0.15, 0.2) is 0 Å². The number of hydrogen-bond donors (Lipinski definition) is 0. The quantitative estimate of drug-likeness (QED) is 0.764. The molecule has 1 amide bonds. The maximum Gasteiger partial charge on any atom is 0.226 e. The van der Waals surface area contributed by atoms with Gasteiger partial charge in [0, 0.05) is 13.1 Å². The summed E-state index contributed by atoms with van der Waals surface area (Å²) in [5, 5.41) is 0. The molecule has 0 aliphatic rings. The molecule has 0 bridgehead atoms. The van der Waals surface area contributed by atoms with Crippen molar-refractivity contribution in [1.29, 1.82) is 0 Å². The monoisotopic (exact) mass is 233 g/mol. The van der Waals surface area contributed by atoms with Crippen molar-refractivity contribution in [2.75, 3.05) is 13.1 Å². The summed E-state index contributed by atoms with van der Waals surface area (Å²) in [6.07, 6.45) is 0.514. The molecule has 2 heteroatoms. The molecule has 0 saturated heterocycles. The number of amides is 1. The molecular formula is C15H23NO. The third kappa shape index (κ3) is 3.88. The van der Waals surface area contributed by atoms with Crippen molar-refractivity contribution in [1.82, 2.24) is 4.90 Å². The second kappa shape index (κ2) is 6.43. The van der Waals surface area contributed by atoms with Gasteiger partial charge in [-0.2, -0.15) is 0 Å². The Hall–Kier alpha value is -1.31. The van der Waals surface area contributed by atoms with Gasteiger partial charge in [-0.25, -0.2) is 0 Å². The highest BCUT2D eigenvalue weighted by Gasteiger charge is 2.10. The number of benzene rings is 1. The maximum absolute atomic E-state index is 11.9. The Labute approximate surface area is 105 Å². The fourth-order valence-corrected chi connectivity index (χ4v) is 1.88. The minimum absolute atomic E-state index is 0.215.